The Morgan fingerprint density at radius 3 is 2.46 bits per heavy atom. The minimum atomic E-state index is -2.84. The number of rotatable bonds is 6. The molecule has 1 aromatic heterocycles. The summed E-state index contributed by atoms with van der Waals surface area (Å²) in [6, 6.07) is 13.7. The molecule has 136 valence electrons. The Hall–Kier alpha value is -2.41. The highest BCUT2D eigenvalue weighted by Crippen LogP contribution is 2.25. The monoisotopic (exact) mass is 376 g/mol. The van der Waals surface area contributed by atoms with E-state index in [0.717, 1.165) is 5.56 Å². The zero-order chi connectivity index (χ0) is 18.7. The Bertz CT molecular complexity index is 956. The van der Waals surface area contributed by atoms with Gasteiger partial charge in [0, 0.05) is 11.8 Å². The summed E-state index contributed by atoms with van der Waals surface area (Å²) in [6.45, 7) is 1.05. The third-order valence-electron chi connectivity index (χ3n) is 3.81. The Kier molecular flexibility index (Phi) is 5.56. The first kappa shape index (κ1) is 18.4. The molecule has 1 heterocycles. The lowest BCUT2D eigenvalue weighted by Crippen LogP contribution is -2.25. The van der Waals surface area contributed by atoms with Gasteiger partial charge in [0.05, 0.1) is 10.9 Å². The van der Waals surface area contributed by atoms with Gasteiger partial charge in [-0.2, -0.15) is 8.78 Å². The van der Waals surface area contributed by atoms with E-state index < -0.39 is 6.61 Å². The number of hydrogen-bond acceptors (Lipinski definition) is 4. The van der Waals surface area contributed by atoms with Crippen LogP contribution in [0.5, 0.6) is 5.75 Å². The molecule has 3 aromatic rings. The van der Waals surface area contributed by atoms with E-state index in [4.69, 9.17) is 0 Å². The fourth-order valence-corrected chi connectivity index (χ4v) is 3.68. The van der Waals surface area contributed by atoms with Gasteiger partial charge < -0.3 is 4.74 Å². The van der Waals surface area contributed by atoms with Gasteiger partial charge in [0.1, 0.15) is 5.75 Å². The minimum absolute atomic E-state index is 0.0241. The third kappa shape index (κ3) is 4.04. The normalized spacial score (nSPS) is 11.5. The second-order valence-corrected chi connectivity index (χ2v) is 6.93. The number of alkyl halides is 2. The summed E-state index contributed by atoms with van der Waals surface area (Å²) in [4.78, 5) is 17.4. The zero-order valence-electron chi connectivity index (χ0n) is 14.4. The molecule has 7 heteroatoms. The molecule has 0 saturated carbocycles. The van der Waals surface area contributed by atoms with Crippen LogP contribution in [0.2, 0.25) is 0 Å². The fourth-order valence-electron chi connectivity index (χ4n) is 2.60. The lowest BCUT2D eigenvalue weighted by molar-refractivity contribution is -0.0498. The molecular formula is C19H18F2N2O2S. The Labute approximate surface area is 153 Å². The number of halogens is 2. The van der Waals surface area contributed by atoms with Crippen molar-refractivity contribution in [2.45, 2.75) is 37.4 Å². The second kappa shape index (κ2) is 7.86. The molecule has 0 amide bonds. The summed E-state index contributed by atoms with van der Waals surface area (Å²) in [5, 5.41) is 1.23. The molecule has 3 rings (SSSR count). The zero-order valence-corrected chi connectivity index (χ0v) is 15.2. The van der Waals surface area contributed by atoms with Gasteiger partial charge in [-0.25, -0.2) is 4.98 Å². The molecule has 0 spiro atoms. The lowest BCUT2D eigenvalue weighted by Gasteiger charge is -2.16. The standard InChI is InChI=1S/C19H18F2N2O2S/c1-12(2)23-17(24)15-5-3-4-6-16(15)22-19(23)26-11-13-7-9-14(10-8-13)25-18(20)21/h3-10,12,18H,11H2,1-2H3. The summed E-state index contributed by atoms with van der Waals surface area (Å²) in [6.07, 6.45) is 0. The van der Waals surface area contributed by atoms with Crippen LogP contribution in [0.15, 0.2) is 58.5 Å². The van der Waals surface area contributed by atoms with Crippen LogP contribution in [0.1, 0.15) is 25.5 Å². The molecule has 0 aliphatic rings. The topological polar surface area (TPSA) is 44.1 Å². The highest BCUT2D eigenvalue weighted by molar-refractivity contribution is 7.98. The van der Waals surface area contributed by atoms with Gasteiger partial charge in [0.15, 0.2) is 5.16 Å². The minimum Gasteiger partial charge on any atom is -0.435 e. The molecule has 0 aliphatic heterocycles. The highest BCUT2D eigenvalue weighted by atomic mass is 32.2. The van der Waals surface area contributed by atoms with Crippen LogP contribution in [-0.2, 0) is 5.75 Å². The number of ether oxygens (including phenoxy) is 1. The number of aromatic nitrogens is 2. The first-order chi connectivity index (χ1) is 12.5. The number of hydrogen-bond donors (Lipinski definition) is 0. The summed E-state index contributed by atoms with van der Waals surface area (Å²) < 4.78 is 30.4. The van der Waals surface area contributed by atoms with Gasteiger partial charge in [-0.3, -0.25) is 9.36 Å². The van der Waals surface area contributed by atoms with Crippen LogP contribution in [-0.4, -0.2) is 16.2 Å². The van der Waals surface area contributed by atoms with Crippen molar-refractivity contribution < 1.29 is 13.5 Å². The maximum absolute atomic E-state index is 12.8. The predicted octanol–water partition coefficient (Wildman–Crippen LogP) is 4.87. The molecule has 0 unspecified atom stereocenters. The summed E-state index contributed by atoms with van der Waals surface area (Å²) in [5.41, 5.74) is 1.53. The Morgan fingerprint density at radius 2 is 1.81 bits per heavy atom. The Morgan fingerprint density at radius 1 is 1.12 bits per heavy atom. The van der Waals surface area contributed by atoms with Crippen molar-refractivity contribution in [2.75, 3.05) is 0 Å². The van der Waals surface area contributed by atoms with Gasteiger partial charge in [0.2, 0.25) is 0 Å². The molecule has 2 aromatic carbocycles. The number of thioether (sulfide) groups is 1. The second-order valence-electron chi connectivity index (χ2n) is 5.99. The van der Waals surface area contributed by atoms with Gasteiger partial charge >= 0.3 is 6.61 Å². The van der Waals surface area contributed by atoms with E-state index in [9.17, 15) is 13.6 Å². The molecule has 0 saturated heterocycles. The molecule has 0 bridgehead atoms. The van der Waals surface area contributed by atoms with Crippen LogP contribution in [0, 0.1) is 0 Å². The molecule has 26 heavy (non-hydrogen) atoms. The molecule has 0 radical (unpaired) electrons. The van der Waals surface area contributed by atoms with Crippen LogP contribution < -0.4 is 10.3 Å². The number of nitrogens with zero attached hydrogens (tertiary/aromatic N) is 2. The van der Waals surface area contributed by atoms with Crippen molar-refractivity contribution in [1.29, 1.82) is 0 Å². The average Bonchev–Trinajstić information content (AvgIpc) is 2.60. The quantitative estimate of drug-likeness (QED) is 0.455. The van der Waals surface area contributed by atoms with Gasteiger partial charge in [-0.05, 0) is 43.7 Å². The van der Waals surface area contributed by atoms with Crippen LogP contribution >= 0.6 is 11.8 Å². The summed E-state index contributed by atoms with van der Waals surface area (Å²) in [5.74, 6) is 0.684. The first-order valence-corrected chi connectivity index (χ1v) is 9.12. The Balaban J connectivity index is 1.86. The van der Waals surface area contributed by atoms with E-state index in [2.05, 4.69) is 9.72 Å². The average molecular weight is 376 g/mol. The summed E-state index contributed by atoms with van der Waals surface area (Å²) >= 11 is 1.44. The maximum atomic E-state index is 12.8. The number of benzene rings is 2. The molecule has 0 fully saturated rings. The van der Waals surface area contributed by atoms with E-state index in [0.29, 0.717) is 21.8 Å². The molecule has 0 N–H and O–H groups in total. The predicted molar refractivity (Wildman–Crippen MR) is 99.0 cm³/mol. The molecule has 0 atom stereocenters. The SMILES string of the molecule is CC(C)n1c(SCc2ccc(OC(F)F)cc2)nc2ccccc2c1=O. The van der Waals surface area contributed by atoms with E-state index in [-0.39, 0.29) is 17.4 Å². The molecule has 4 nitrogen and oxygen atoms in total. The van der Waals surface area contributed by atoms with Gasteiger partial charge in [0.25, 0.3) is 5.56 Å². The molecule has 0 aliphatic carbocycles. The summed E-state index contributed by atoms with van der Waals surface area (Å²) in [7, 11) is 0. The molecular weight excluding hydrogens is 358 g/mol. The fraction of sp³-hybridized carbons (Fsp3) is 0.263. The third-order valence-corrected chi connectivity index (χ3v) is 4.83. The smallest absolute Gasteiger partial charge is 0.387 e. The highest BCUT2D eigenvalue weighted by Gasteiger charge is 2.14. The van der Waals surface area contributed by atoms with E-state index >= 15 is 0 Å². The van der Waals surface area contributed by atoms with Gasteiger partial charge in [-0.1, -0.05) is 36.0 Å². The lowest BCUT2D eigenvalue weighted by atomic mass is 10.2. The maximum Gasteiger partial charge on any atom is 0.387 e. The van der Waals surface area contributed by atoms with Crippen LogP contribution in [0.25, 0.3) is 10.9 Å². The van der Waals surface area contributed by atoms with E-state index in [1.165, 1.54) is 23.9 Å². The first-order valence-electron chi connectivity index (χ1n) is 8.13. The van der Waals surface area contributed by atoms with Crippen molar-refractivity contribution in [1.82, 2.24) is 9.55 Å². The largest absolute Gasteiger partial charge is 0.435 e. The van der Waals surface area contributed by atoms with E-state index in [1.54, 1.807) is 22.8 Å². The van der Waals surface area contributed by atoms with Crippen molar-refractivity contribution in [3.05, 3.63) is 64.4 Å². The van der Waals surface area contributed by atoms with Crippen molar-refractivity contribution in [3.63, 3.8) is 0 Å². The number of fused-ring (bicyclic) bond motifs is 1. The van der Waals surface area contributed by atoms with E-state index in [1.807, 2.05) is 32.0 Å². The van der Waals surface area contributed by atoms with Crippen LogP contribution in [0.4, 0.5) is 8.78 Å². The number of para-hydroxylation sites is 1. The van der Waals surface area contributed by atoms with Crippen molar-refractivity contribution >= 4 is 22.7 Å². The van der Waals surface area contributed by atoms with Gasteiger partial charge in [-0.15, -0.1) is 0 Å². The van der Waals surface area contributed by atoms with Crippen molar-refractivity contribution in [3.8, 4) is 5.75 Å². The van der Waals surface area contributed by atoms with Crippen LogP contribution in [0.3, 0.4) is 0 Å². The van der Waals surface area contributed by atoms with Crippen molar-refractivity contribution in [2.24, 2.45) is 0 Å².